The lowest BCUT2D eigenvalue weighted by atomic mass is 10.1. The Kier molecular flexibility index (Phi) is 5.53. The molecule has 102 valence electrons. The first kappa shape index (κ1) is 15.4. The molecule has 1 aromatic rings. The molecule has 0 radical (unpaired) electrons. The molecule has 5 heteroatoms. The maximum Gasteiger partial charge on any atom is 0.416 e. The van der Waals surface area contributed by atoms with E-state index in [4.69, 9.17) is 5.73 Å². The molecule has 0 spiro atoms. The van der Waals surface area contributed by atoms with Crippen molar-refractivity contribution in [1.82, 2.24) is 0 Å². The Hall–Kier alpha value is -0.680. The van der Waals surface area contributed by atoms with Crippen molar-refractivity contribution in [3.8, 4) is 0 Å². The summed E-state index contributed by atoms with van der Waals surface area (Å²) in [4.78, 5) is 0.653. The van der Waals surface area contributed by atoms with Gasteiger partial charge in [-0.2, -0.15) is 13.2 Å². The van der Waals surface area contributed by atoms with Gasteiger partial charge in [0, 0.05) is 17.2 Å². The summed E-state index contributed by atoms with van der Waals surface area (Å²) in [5.41, 5.74) is 4.87. The second-order valence-electron chi connectivity index (χ2n) is 4.35. The molecule has 1 unspecified atom stereocenters. The summed E-state index contributed by atoms with van der Waals surface area (Å²) in [6.45, 7) is 4.07. The standard InChI is InChI=1S/C13H18F3NS/c1-3-9(2)8-18-11-5-4-10(7-17)12(6-11)13(14,15)16/h4-6,9H,3,7-8,17H2,1-2H3. The zero-order valence-electron chi connectivity index (χ0n) is 10.6. The number of alkyl halides is 3. The van der Waals surface area contributed by atoms with Crippen molar-refractivity contribution in [2.45, 2.75) is 37.9 Å². The van der Waals surface area contributed by atoms with E-state index in [1.54, 1.807) is 6.07 Å². The van der Waals surface area contributed by atoms with Gasteiger partial charge in [0.2, 0.25) is 0 Å². The number of thioether (sulfide) groups is 1. The van der Waals surface area contributed by atoms with Gasteiger partial charge in [-0.15, -0.1) is 11.8 Å². The molecule has 18 heavy (non-hydrogen) atoms. The lowest BCUT2D eigenvalue weighted by Crippen LogP contribution is -2.12. The monoisotopic (exact) mass is 277 g/mol. The van der Waals surface area contributed by atoms with Gasteiger partial charge in [0.05, 0.1) is 5.56 Å². The SMILES string of the molecule is CCC(C)CSc1ccc(CN)c(C(F)(F)F)c1. The summed E-state index contributed by atoms with van der Waals surface area (Å²) in [7, 11) is 0. The predicted octanol–water partition coefficient (Wildman–Crippen LogP) is 4.30. The average Bonchev–Trinajstić information content (AvgIpc) is 2.34. The number of nitrogens with two attached hydrogens (primary N) is 1. The maximum atomic E-state index is 12.8. The fourth-order valence-electron chi connectivity index (χ4n) is 1.44. The van der Waals surface area contributed by atoms with Gasteiger partial charge < -0.3 is 5.73 Å². The van der Waals surface area contributed by atoms with Gasteiger partial charge in [-0.25, -0.2) is 0 Å². The fourth-order valence-corrected chi connectivity index (χ4v) is 2.52. The molecule has 0 aliphatic carbocycles. The molecular formula is C13H18F3NS. The van der Waals surface area contributed by atoms with Crippen LogP contribution in [0.15, 0.2) is 23.1 Å². The topological polar surface area (TPSA) is 26.0 Å². The zero-order chi connectivity index (χ0) is 13.8. The van der Waals surface area contributed by atoms with E-state index in [-0.39, 0.29) is 12.1 Å². The lowest BCUT2D eigenvalue weighted by molar-refractivity contribution is -0.138. The third kappa shape index (κ3) is 4.21. The summed E-state index contributed by atoms with van der Waals surface area (Å²) in [6.07, 6.45) is -3.30. The van der Waals surface area contributed by atoms with E-state index < -0.39 is 11.7 Å². The van der Waals surface area contributed by atoms with Crippen LogP contribution in [0.2, 0.25) is 0 Å². The minimum absolute atomic E-state index is 0.0921. The number of halogens is 3. The van der Waals surface area contributed by atoms with Crippen LogP contribution in [0.5, 0.6) is 0 Å². The van der Waals surface area contributed by atoms with E-state index in [0.29, 0.717) is 10.8 Å². The molecule has 1 nitrogen and oxygen atoms in total. The first-order valence-corrected chi connectivity index (χ1v) is 6.90. The minimum Gasteiger partial charge on any atom is -0.326 e. The summed E-state index contributed by atoms with van der Waals surface area (Å²) >= 11 is 1.46. The fraction of sp³-hybridized carbons (Fsp3) is 0.538. The van der Waals surface area contributed by atoms with Gasteiger partial charge in [0.1, 0.15) is 0 Å². The number of rotatable bonds is 5. The average molecular weight is 277 g/mol. The first-order valence-electron chi connectivity index (χ1n) is 5.91. The van der Waals surface area contributed by atoms with Crippen LogP contribution in [-0.2, 0) is 12.7 Å². The Bertz CT molecular complexity index is 390. The van der Waals surface area contributed by atoms with E-state index in [9.17, 15) is 13.2 Å². The van der Waals surface area contributed by atoms with Crippen molar-refractivity contribution < 1.29 is 13.2 Å². The van der Waals surface area contributed by atoms with Gasteiger partial charge in [-0.1, -0.05) is 26.3 Å². The van der Waals surface area contributed by atoms with Crippen LogP contribution in [0.1, 0.15) is 31.4 Å². The van der Waals surface area contributed by atoms with E-state index >= 15 is 0 Å². The quantitative estimate of drug-likeness (QED) is 0.812. The van der Waals surface area contributed by atoms with Gasteiger partial charge in [0.25, 0.3) is 0 Å². The summed E-state index contributed by atoms with van der Waals surface area (Å²) in [5.74, 6) is 1.33. The van der Waals surface area contributed by atoms with Crippen molar-refractivity contribution >= 4 is 11.8 Å². The van der Waals surface area contributed by atoms with Crippen molar-refractivity contribution in [2.75, 3.05) is 5.75 Å². The number of hydrogen-bond acceptors (Lipinski definition) is 2. The van der Waals surface area contributed by atoms with Crippen LogP contribution in [-0.4, -0.2) is 5.75 Å². The zero-order valence-corrected chi connectivity index (χ0v) is 11.4. The Labute approximate surface area is 110 Å². The van der Waals surface area contributed by atoms with Crippen LogP contribution < -0.4 is 5.73 Å². The van der Waals surface area contributed by atoms with Gasteiger partial charge >= 0.3 is 6.18 Å². The molecule has 0 saturated heterocycles. The molecular weight excluding hydrogens is 259 g/mol. The molecule has 0 aromatic heterocycles. The molecule has 0 aliphatic rings. The molecule has 1 aromatic carbocycles. The van der Waals surface area contributed by atoms with Gasteiger partial charge in [0.15, 0.2) is 0 Å². The van der Waals surface area contributed by atoms with Crippen molar-refractivity contribution in [3.63, 3.8) is 0 Å². The van der Waals surface area contributed by atoms with Crippen molar-refractivity contribution in [3.05, 3.63) is 29.3 Å². The maximum absolute atomic E-state index is 12.8. The predicted molar refractivity (Wildman–Crippen MR) is 69.5 cm³/mol. The summed E-state index contributed by atoms with van der Waals surface area (Å²) < 4.78 is 38.4. The highest BCUT2D eigenvalue weighted by Crippen LogP contribution is 2.35. The highest BCUT2D eigenvalue weighted by Gasteiger charge is 2.33. The summed E-state index contributed by atoms with van der Waals surface area (Å²) in [6, 6.07) is 4.39. The van der Waals surface area contributed by atoms with E-state index in [2.05, 4.69) is 13.8 Å². The highest BCUT2D eigenvalue weighted by atomic mass is 32.2. The number of hydrogen-bond donors (Lipinski definition) is 1. The van der Waals surface area contributed by atoms with E-state index in [1.165, 1.54) is 23.9 Å². The second-order valence-corrected chi connectivity index (χ2v) is 5.44. The number of benzene rings is 1. The molecule has 0 aliphatic heterocycles. The second kappa shape index (κ2) is 6.48. The molecule has 1 rings (SSSR count). The van der Waals surface area contributed by atoms with E-state index in [1.807, 2.05) is 0 Å². The Morgan fingerprint density at radius 3 is 2.50 bits per heavy atom. The molecule has 0 amide bonds. The van der Waals surface area contributed by atoms with Crippen LogP contribution in [0.4, 0.5) is 13.2 Å². The molecule has 0 heterocycles. The summed E-state index contributed by atoms with van der Waals surface area (Å²) in [5, 5.41) is 0. The van der Waals surface area contributed by atoms with Crippen LogP contribution in [0.3, 0.4) is 0 Å². The van der Waals surface area contributed by atoms with Crippen LogP contribution in [0.25, 0.3) is 0 Å². The Balaban J connectivity index is 2.90. The van der Waals surface area contributed by atoms with Crippen LogP contribution in [0, 0.1) is 5.92 Å². The van der Waals surface area contributed by atoms with E-state index in [0.717, 1.165) is 12.2 Å². The third-order valence-electron chi connectivity index (χ3n) is 2.84. The molecule has 1 atom stereocenters. The Morgan fingerprint density at radius 2 is 2.00 bits per heavy atom. The first-order chi connectivity index (χ1) is 8.38. The minimum atomic E-state index is -4.33. The lowest BCUT2D eigenvalue weighted by Gasteiger charge is -2.14. The molecule has 0 saturated carbocycles. The smallest absolute Gasteiger partial charge is 0.326 e. The van der Waals surface area contributed by atoms with Gasteiger partial charge in [-0.3, -0.25) is 0 Å². The normalized spacial score (nSPS) is 13.7. The van der Waals surface area contributed by atoms with Gasteiger partial charge in [-0.05, 0) is 23.6 Å². The van der Waals surface area contributed by atoms with Crippen molar-refractivity contribution in [2.24, 2.45) is 11.7 Å². The van der Waals surface area contributed by atoms with Crippen molar-refractivity contribution in [1.29, 1.82) is 0 Å². The highest BCUT2D eigenvalue weighted by molar-refractivity contribution is 7.99. The molecule has 0 bridgehead atoms. The Morgan fingerprint density at radius 1 is 1.33 bits per heavy atom. The van der Waals surface area contributed by atoms with Crippen LogP contribution >= 0.6 is 11.8 Å². The third-order valence-corrected chi connectivity index (χ3v) is 4.16. The molecule has 2 N–H and O–H groups in total. The molecule has 0 fully saturated rings. The largest absolute Gasteiger partial charge is 0.416 e.